The molecule has 0 aromatic rings. The molecular formula is C24H46O. The average molecular weight is 351 g/mol. The third kappa shape index (κ3) is 18.0. The summed E-state index contributed by atoms with van der Waals surface area (Å²) in [5.41, 5.74) is -0.149. The van der Waals surface area contributed by atoms with Crippen molar-refractivity contribution in [3.8, 4) is 0 Å². The van der Waals surface area contributed by atoms with Crippen molar-refractivity contribution in [2.24, 2.45) is 5.41 Å². The lowest BCUT2D eigenvalue weighted by Crippen LogP contribution is -2.19. The van der Waals surface area contributed by atoms with Crippen molar-refractivity contribution in [3.05, 3.63) is 12.2 Å². The van der Waals surface area contributed by atoms with Gasteiger partial charge in [-0.05, 0) is 32.1 Å². The Bertz CT molecular complexity index is 321. The van der Waals surface area contributed by atoms with Crippen LogP contribution in [0.1, 0.15) is 130 Å². The van der Waals surface area contributed by atoms with Gasteiger partial charge < -0.3 is 0 Å². The molecule has 0 heterocycles. The molecule has 0 aromatic heterocycles. The lowest BCUT2D eigenvalue weighted by Gasteiger charge is -2.16. The molecule has 25 heavy (non-hydrogen) atoms. The predicted molar refractivity (Wildman–Crippen MR) is 113 cm³/mol. The van der Waals surface area contributed by atoms with Crippen molar-refractivity contribution in [2.45, 2.75) is 130 Å². The Kier molecular flexibility index (Phi) is 16.5. The van der Waals surface area contributed by atoms with E-state index in [9.17, 15) is 4.79 Å². The van der Waals surface area contributed by atoms with Gasteiger partial charge in [0, 0.05) is 11.8 Å². The highest BCUT2D eigenvalue weighted by Gasteiger charge is 2.19. The number of carbonyl (C=O) groups excluding carboxylic acids is 1. The number of unbranched alkanes of at least 4 members (excludes halogenated alkanes) is 13. The van der Waals surface area contributed by atoms with Gasteiger partial charge >= 0.3 is 0 Å². The van der Waals surface area contributed by atoms with E-state index in [1.54, 1.807) is 0 Å². The maximum absolute atomic E-state index is 11.8. The van der Waals surface area contributed by atoms with Gasteiger partial charge in [0.15, 0.2) is 0 Å². The van der Waals surface area contributed by atoms with Gasteiger partial charge in [-0.25, -0.2) is 0 Å². The lowest BCUT2D eigenvalue weighted by molar-refractivity contribution is -0.126. The molecule has 0 N–H and O–H groups in total. The van der Waals surface area contributed by atoms with E-state index < -0.39 is 0 Å². The maximum Gasteiger partial charge on any atom is 0.138 e. The molecule has 148 valence electrons. The summed E-state index contributed by atoms with van der Waals surface area (Å²) in [6, 6.07) is 0. The molecule has 1 heteroatoms. The Morgan fingerprint density at radius 1 is 0.640 bits per heavy atom. The summed E-state index contributed by atoms with van der Waals surface area (Å²) in [4.78, 5) is 11.8. The van der Waals surface area contributed by atoms with Crippen LogP contribution >= 0.6 is 0 Å². The first-order valence-corrected chi connectivity index (χ1v) is 11.2. The zero-order chi connectivity index (χ0) is 18.8. The Hall–Kier alpha value is -0.590. The first-order chi connectivity index (χ1) is 12.0. The number of allylic oxidation sites excluding steroid dienone is 2. The SMILES string of the molecule is CCCCCC/C=C\CCCCCCCCCCCC(=O)C(C)(C)C. The van der Waals surface area contributed by atoms with Gasteiger partial charge in [0.05, 0.1) is 0 Å². The Balaban J connectivity index is 3.19. The summed E-state index contributed by atoms with van der Waals surface area (Å²) in [6.45, 7) is 8.35. The third-order valence-electron chi connectivity index (χ3n) is 5.00. The summed E-state index contributed by atoms with van der Waals surface area (Å²) >= 11 is 0. The van der Waals surface area contributed by atoms with Gasteiger partial charge in [0.2, 0.25) is 0 Å². The molecule has 0 unspecified atom stereocenters. The van der Waals surface area contributed by atoms with Crippen LogP contribution < -0.4 is 0 Å². The smallest absolute Gasteiger partial charge is 0.138 e. The summed E-state index contributed by atoms with van der Waals surface area (Å²) in [7, 11) is 0. The Labute approximate surface area is 159 Å². The van der Waals surface area contributed by atoms with Gasteiger partial charge in [0.1, 0.15) is 5.78 Å². The summed E-state index contributed by atoms with van der Waals surface area (Å²) in [6.07, 6.45) is 25.5. The fraction of sp³-hybridized carbons (Fsp3) is 0.875. The number of hydrogen-bond acceptors (Lipinski definition) is 1. The van der Waals surface area contributed by atoms with Crippen molar-refractivity contribution < 1.29 is 4.79 Å². The number of hydrogen-bond donors (Lipinski definition) is 0. The monoisotopic (exact) mass is 350 g/mol. The largest absolute Gasteiger partial charge is 0.299 e. The first-order valence-electron chi connectivity index (χ1n) is 11.2. The highest BCUT2D eigenvalue weighted by atomic mass is 16.1. The van der Waals surface area contributed by atoms with Gasteiger partial charge in [-0.15, -0.1) is 0 Å². The lowest BCUT2D eigenvalue weighted by atomic mass is 9.88. The highest BCUT2D eigenvalue weighted by Crippen LogP contribution is 2.19. The minimum Gasteiger partial charge on any atom is -0.299 e. The van der Waals surface area contributed by atoms with Crippen LogP contribution in [0, 0.1) is 5.41 Å². The van der Waals surface area contributed by atoms with Crippen LogP contribution in [0.4, 0.5) is 0 Å². The first kappa shape index (κ1) is 24.4. The molecule has 0 amide bonds. The van der Waals surface area contributed by atoms with Crippen LogP contribution in [0.25, 0.3) is 0 Å². The zero-order valence-electron chi connectivity index (χ0n) is 17.9. The molecule has 0 saturated heterocycles. The van der Waals surface area contributed by atoms with Crippen LogP contribution in [0.15, 0.2) is 12.2 Å². The second kappa shape index (κ2) is 16.9. The van der Waals surface area contributed by atoms with Crippen molar-refractivity contribution in [2.75, 3.05) is 0 Å². The Morgan fingerprint density at radius 3 is 1.48 bits per heavy atom. The third-order valence-corrected chi connectivity index (χ3v) is 5.00. The minimum atomic E-state index is -0.149. The van der Waals surface area contributed by atoms with Crippen molar-refractivity contribution in [1.82, 2.24) is 0 Å². The second-order valence-electron chi connectivity index (χ2n) is 8.71. The van der Waals surface area contributed by atoms with Crippen LogP contribution in [-0.2, 0) is 4.79 Å². The quantitative estimate of drug-likeness (QED) is 0.190. The fourth-order valence-corrected chi connectivity index (χ4v) is 3.08. The molecular weight excluding hydrogens is 304 g/mol. The van der Waals surface area contributed by atoms with Crippen LogP contribution in [-0.4, -0.2) is 5.78 Å². The maximum atomic E-state index is 11.8. The van der Waals surface area contributed by atoms with E-state index in [-0.39, 0.29) is 5.41 Å². The molecule has 0 radical (unpaired) electrons. The van der Waals surface area contributed by atoms with Gasteiger partial charge in [-0.3, -0.25) is 4.79 Å². The van der Waals surface area contributed by atoms with Gasteiger partial charge in [-0.1, -0.05) is 104 Å². The molecule has 0 bridgehead atoms. The number of rotatable bonds is 17. The molecule has 0 atom stereocenters. The van der Waals surface area contributed by atoms with E-state index in [1.807, 2.05) is 20.8 Å². The number of carbonyl (C=O) groups is 1. The van der Waals surface area contributed by atoms with E-state index in [2.05, 4.69) is 19.1 Å². The average Bonchev–Trinajstić information content (AvgIpc) is 2.56. The molecule has 0 rings (SSSR count). The Morgan fingerprint density at radius 2 is 1.04 bits per heavy atom. The van der Waals surface area contributed by atoms with E-state index >= 15 is 0 Å². The standard InChI is InChI=1S/C24H46O/c1-5-6-7-8-9-10-11-12-13-14-15-16-17-18-19-20-21-22-23(25)24(2,3)4/h10-11H,5-9,12-22H2,1-4H3/b11-10-. The number of Topliss-reactive ketones (excluding diaryl/α,β-unsaturated/α-hetero) is 1. The van der Waals surface area contributed by atoms with E-state index in [0.29, 0.717) is 5.78 Å². The minimum absolute atomic E-state index is 0.149. The summed E-state index contributed by atoms with van der Waals surface area (Å²) < 4.78 is 0. The topological polar surface area (TPSA) is 17.1 Å². The molecule has 1 nitrogen and oxygen atoms in total. The molecule has 0 aliphatic carbocycles. The summed E-state index contributed by atoms with van der Waals surface area (Å²) in [5, 5.41) is 0. The summed E-state index contributed by atoms with van der Waals surface area (Å²) in [5.74, 6) is 0.419. The molecule has 0 aliphatic heterocycles. The van der Waals surface area contributed by atoms with Crippen molar-refractivity contribution >= 4 is 5.78 Å². The van der Waals surface area contributed by atoms with E-state index in [4.69, 9.17) is 0 Å². The van der Waals surface area contributed by atoms with Crippen molar-refractivity contribution in [3.63, 3.8) is 0 Å². The molecule has 0 saturated carbocycles. The second-order valence-corrected chi connectivity index (χ2v) is 8.71. The molecule has 0 aliphatic rings. The molecule has 0 spiro atoms. The van der Waals surface area contributed by atoms with E-state index in [0.717, 1.165) is 12.8 Å². The van der Waals surface area contributed by atoms with E-state index in [1.165, 1.54) is 89.9 Å². The molecule has 0 aromatic carbocycles. The van der Waals surface area contributed by atoms with Gasteiger partial charge in [-0.2, -0.15) is 0 Å². The van der Waals surface area contributed by atoms with Crippen molar-refractivity contribution in [1.29, 1.82) is 0 Å². The normalized spacial score (nSPS) is 12.2. The molecule has 0 fully saturated rings. The highest BCUT2D eigenvalue weighted by molar-refractivity contribution is 5.83. The fourth-order valence-electron chi connectivity index (χ4n) is 3.08. The van der Waals surface area contributed by atoms with Crippen LogP contribution in [0.5, 0.6) is 0 Å². The number of ketones is 1. The predicted octanol–water partition coefficient (Wildman–Crippen LogP) is 8.42. The van der Waals surface area contributed by atoms with Gasteiger partial charge in [0.25, 0.3) is 0 Å². The van der Waals surface area contributed by atoms with Crippen LogP contribution in [0.2, 0.25) is 0 Å². The van der Waals surface area contributed by atoms with Crippen LogP contribution in [0.3, 0.4) is 0 Å². The zero-order valence-corrected chi connectivity index (χ0v) is 17.9.